The molecular weight excluding hydrogens is 302 g/mol. The van der Waals surface area contributed by atoms with Gasteiger partial charge < -0.3 is 10.2 Å². The highest BCUT2D eigenvalue weighted by molar-refractivity contribution is 6.46. The second kappa shape index (κ2) is 6.75. The lowest BCUT2D eigenvalue weighted by molar-refractivity contribution is -0.134. The van der Waals surface area contributed by atoms with E-state index in [4.69, 9.17) is 0 Å². The molecular formula is C19H25N3O2. The molecule has 128 valence electrons. The summed E-state index contributed by atoms with van der Waals surface area (Å²) < 4.78 is 0. The van der Waals surface area contributed by atoms with E-state index in [1.54, 1.807) is 4.90 Å². The Morgan fingerprint density at radius 1 is 1.21 bits per heavy atom. The number of rotatable bonds is 4. The lowest BCUT2D eigenvalue weighted by atomic mass is 9.95. The van der Waals surface area contributed by atoms with Gasteiger partial charge in [0.25, 0.3) is 5.91 Å². The van der Waals surface area contributed by atoms with Crippen LogP contribution in [-0.2, 0) is 9.59 Å². The Morgan fingerprint density at radius 2 is 1.88 bits per heavy atom. The topological polar surface area (TPSA) is 61.8 Å². The molecule has 1 N–H and O–H groups in total. The summed E-state index contributed by atoms with van der Waals surface area (Å²) in [6.07, 6.45) is 5.66. The first-order valence-electron chi connectivity index (χ1n) is 8.74. The smallest absolute Gasteiger partial charge is 0.275 e. The van der Waals surface area contributed by atoms with Gasteiger partial charge in [-0.1, -0.05) is 49.6 Å². The molecule has 0 bridgehead atoms. The summed E-state index contributed by atoms with van der Waals surface area (Å²) in [5.41, 5.74) is 0.531. The Morgan fingerprint density at radius 3 is 2.54 bits per heavy atom. The molecule has 0 aromatic heterocycles. The molecule has 1 saturated carbocycles. The van der Waals surface area contributed by atoms with E-state index in [1.807, 2.05) is 44.2 Å². The van der Waals surface area contributed by atoms with Crippen LogP contribution in [0.1, 0.15) is 51.5 Å². The van der Waals surface area contributed by atoms with Gasteiger partial charge in [-0.25, -0.2) is 0 Å². The summed E-state index contributed by atoms with van der Waals surface area (Å²) >= 11 is 0. The van der Waals surface area contributed by atoms with Crippen LogP contribution in [0.2, 0.25) is 0 Å². The zero-order valence-electron chi connectivity index (χ0n) is 14.4. The molecule has 1 aliphatic carbocycles. The van der Waals surface area contributed by atoms with Crippen LogP contribution in [0.3, 0.4) is 0 Å². The third-order valence-corrected chi connectivity index (χ3v) is 4.81. The summed E-state index contributed by atoms with van der Waals surface area (Å²) in [5, 5.41) is 3.07. The van der Waals surface area contributed by atoms with Crippen LogP contribution in [0.5, 0.6) is 0 Å². The van der Waals surface area contributed by atoms with Crippen molar-refractivity contribution in [3.8, 4) is 0 Å². The second-order valence-electron chi connectivity index (χ2n) is 7.11. The van der Waals surface area contributed by atoms with Gasteiger partial charge in [0, 0.05) is 11.6 Å². The molecule has 0 unspecified atom stereocenters. The van der Waals surface area contributed by atoms with E-state index in [0.717, 1.165) is 18.4 Å². The lowest BCUT2D eigenvalue weighted by Crippen LogP contribution is -2.50. The van der Waals surface area contributed by atoms with Crippen molar-refractivity contribution in [1.82, 2.24) is 10.2 Å². The van der Waals surface area contributed by atoms with Crippen molar-refractivity contribution in [3.05, 3.63) is 35.9 Å². The van der Waals surface area contributed by atoms with Crippen LogP contribution in [0.25, 0.3) is 0 Å². The predicted octanol–water partition coefficient (Wildman–Crippen LogP) is 2.50. The van der Waals surface area contributed by atoms with E-state index in [2.05, 4.69) is 10.3 Å². The van der Waals surface area contributed by atoms with Gasteiger partial charge >= 0.3 is 0 Å². The Kier molecular flexibility index (Phi) is 4.69. The number of benzene rings is 1. The minimum Gasteiger partial charge on any atom is -0.352 e. The molecule has 3 rings (SSSR count). The standard InChI is InChI=1S/C19H25N3O2/c1-19(2)21-17(14-9-5-3-6-10-14)18(24)22(19)13-16(23)20-15-11-7-4-8-12-15/h3,5-6,9-10,15H,4,7-8,11-13H2,1-2H3,(H,20,23). The highest BCUT2D eigenvalue weighted by Gasteiger charge is 2.41. The van der Waals surface area contributed by atoms with E-state index in [-0.39, 0.29) is 24.4 Å². The summed E-state index contributed by atoms with van der Waals surface area (Å²) in [6.45, 7) is 3.80. The van der Waals surface area contributed by atoms with Crippen molar-refractivity contribution in [3.63, 3.8) is 0 Å². The molecule has 1 fully saturated rings. The van der Waals surface area contributed by atoms with E-state index in [0.29, 0.717) is 5.71 Å². The fourth-order valence-corrected chi connectivity index (χ4v) is 3.47. The number of hydrogen-bond acceptors (Lipinski definition) is 3. The van der Waals surface area contributed by atoms with Crippen molar-refractivity contribution >= 4 is 17.5 Å². The third kappa shape index (κ3) is 3.50. The maximum atomic E-state index is 12.8. The van der Waals surface area contributed by atoms with Gasteiger partial charge in [-0.05, 0) is 26.7 Å². The first-order valence-corrected chi connectivity index (χ1v) is 8.74. The molecule has 2 aliphatic rings. The highest BCUT2D eigenvalue weighted by Crippen LogP contribution is 2.26. The number of nitrogens with one attached hydrogen (secondary N) is 1. The van der Waals surface area contributed by atoms with Crippen LogP contribution >= 0.6 is 0 Å². The molecule has 1 heterocycles. The number of hydrogen-bond donors (Lipinski definition) is 1. The van der Waals surface area contributed by atoms with Crippen molar-refractivity contribution in [2.75, 3.05) is 6.54 Å². The molecule has 1 aromatic rings. The number of carbonyl (C=O) groups is 2. The van der Waals surface area contributed by atoms with Crippen LogP contribution in [0, 0.1) is 0 Å². The Bertz CT molecular complexity index is 646. The Labute approximate surface area is 143 Å². The largest absolute Gasteiger partial charge is 0.352 e. The molecule has 24 heavy (non-hydrogen) atoms. The third-order valence-electron chi connectivity index (χ3n) is 4.81. The van der Waals surface area contributed by atoms with Crippen LogP contribution in [0.4, 0.5) is 0 Å². The lowest BCUT2D eigenvalue weighted by Gasteiger charge is -2.30. The molecule has 0 atom stereocenters. The maximum absolute atomic E-state index is 12.8. The van der Waals surface area contributed by atoms with Crippen molar-refractivity contribution < 1.29 is 9.59 Å². The quantitative estimate of drug-likeness (QED) is 0.923. The maximum Gasteiger partial charge on any atom is 0.275 e. The van der Waals surface area contributed by atoms with Crippen LogP contribution < -0.4 is 5.32 Å². The average Bonchev–Trinajstić information content (AvgIpc) is 2.80. The number of aliphatic imine (C=N–C) groups is 1. The molecule has 5 nitrogen and oxygen atoms in total. The Balaban J connectivity index is 1.68. The first kappa shape index (κ1) is 16.7. The minimum atomic E-state index is -0.702. The van der Waals surface area contributed by atoms with Gasteiger partial charge in [-0.3, -0.25) is 14.6 Å². The van der Waals surface area contributed by atoms with Gasteiger partial charge in [0.1, 0.15) is 17.9 Å². The zero-order valence-corrected chi connectivity index (χ0v) is 14.4. The average molecular weight is 327 g/mol. The molecule has 0 radical (unpaired) electrons. The van der Waals surface area contributed by atoms with Gasteiger partial charge in [0.05, 0.1) is 0 Å². The predicted molar refractivity (Wildman–Crippen MR) is 93.8 cm³/mol. The zero-order chi connectivity index (χ0) is 17.2. The molecule has 1 aromatic carbocycles. The summed E-state index contributed by atoms with van der Waals surface area (Å²) in [5.74, 6) is -0.266. The molecule has 0 saturated heterocycles. The number of amides is 2. The SMILES string of the molecule is CC1(C)N=C(c2ccccc2)C(=O)N1CC(=O)NC1CCCCC1. The summed E-state index contributed by atoms with van der Waals surface area (Å²) in [6, 6.07) is 9.68. The molecule has 0 spiro atoms. The van der Waals surface area contributed by atoms with Crippen molar-refractivity contribution in [1.29, 1.82) is 0 Å². The van der Waals surface area contributed by atoms with Crippen molar-refractivity contribution in [2.45, 2.75) is 57.7 Å². The Hall–Kier alpha value is -2.17. The van der Waals surface area contributed by atoms with E-state index in [1.165, 1.54) is 19.3 Å². The van der Waals surface area contributed by atoms with Crippen molar-refractivity contribution in [2.24, 2.45) is 4.99 Å². The van der Waals surface area contributed by atoms with Gasteiger partial charge in [-0.15, -0.1) is 0 Å². The normalized spacial score (nSPS) is 20.8. The fourth-order valence-electron chi connectivity index (χ4n) is 3.47. The summed E-state index contributed by atoms with van der Waals surface area (Å²) in [4.78, 5) is 31.3. The molecule has 2 amide bonds. The van der Waals surface area contributed by atoms with Gasteiger partial charge in [0.2, 0.25) is 5.91 Å². The van der Waals surface area contributed by atoms with Crippen LogP contribution in [-0.4, -0.2) is 40.7 Å². The van der Waals surface area contributed by atoms with Gasteiger partial charge in [-0.2, -0.15) is 0 Å². The number of carbonyl (C=O) groups excluding carboxylic acids is 2. The van der Waals surface area contributed by atoms with Gasteiger partial charge in [0.15, 0.2) is 0 Å². The van der Waals surface area contributed by atoms with E-state index in [9.17, 15) is 9.59 Å². The monoisotopic (exact) mass is 327 g/mol. The highest BCUT2D eigenvalue weighted by atomic mass is 16.2. The minimum absolute atomic E-state index is 0.0577. The fraction of sp³-hybridized carbons (Fsp3) is 0.526. The first-order chi connectivity index (χ1) is 11.5. The van der Waals surface area contributed by atoms with E-state index < -0.39 is 5.66 Å². The summed E-state index contributed by atoms with van der Waals surface area (Å²) in [7, 11) is 0. The second-order valence-corrected chi connectivity index (χ2v) is 7.11. The number of nitrogens with zero attached hydrogens (tertiary/aromatic N) is 2. The van der Waals surface area contributed by atoms with E-state index >= 15 is 0 Å². The molecule has 1 aliphatic heterocycles. The molecule has 5 heteroatoms. The van der Waals surface area contributed by atoms with Crippen LogP contribution in [0.15, 0.2) is 35.3 Å².